The van der Waals surface area contributed by atoms with Crippen LogP contribution >= 0.6 is 0 Å². The Morgan fingerprint density at radius 1 is 1.64 bits per heavy atom. The topological polar surface area (TPSA) is 77.0 Å². The number of aryl methyl sites for hydroxylation is 1. The highest BCUT2D eigenvalue weighted by molar-refractivity contribution is 5.78. The molecule has 1 aromatic rings. The number of hydrogen-bond acceptors (Lipinski definition) is 4. The number of amides is 1. The van der Waals surface area contributed by atoms with Crippen molar-refractivity contribution in [2.45, 2.75) is 13.0 Å². The minimum atomic E-state index is -0.0266. The summed E-state index contributed by atoms with van der Waals surface area (Å²) in [7, 11) is 1.87. The quantitative estimate of drug-likeness (QED) is 0.601. The molecule has 0 fully saturated rings. The average molecular weight is 195 g/mol. The van der Waals surface area contributed by atoms with Crippen molar-refractivity contribution in [1.29, 1.82) is 0 Å². The minimum absolute atomic E-state index is 0.0266. The van der Waals surface area contributed by atoms with Crippen molar-refractivity contribution in [2.24, 2.45) is 12.8 Å². The van der Waals surface area contributed by atoms with E-state index in [0.29, 0.717) is 13.1 Å². The van der Waals surface area contributed by atoms with E-state index in [9.17, 15) is 4.79 Å². The molecule has 2 N–H and O–H groups in total. The second kappa shape index (κ2) is 3.38. The summed E-state index contributed by atoms with van der Waals surface area (Å²) in [5.41, 5.74) is 7.30. The van der Waals surface area contributed by atoms with Crippen LogP contribution in [0.5, 0.6) is 0 Å². The van der Waals surface area contributed by atoms with Gasteiger partial charge in [0, 0.05) is 20.0 Å². The number of aromatic nitrogens is 3. The van der Waals surface area contributed by atoms with Gasteiger partial charge in [0.15, 0.2) is 0 Å². The number of nitrogens with zero attached hydrogens (tertiary/aromatic N) is 4. The van der Waals surface area contributed by atoms with Gasteiger partial charge in [0.25, 0.3) is 0 Å². The zero-order chi connectivity index (χ0) is 10.1. The molecule has 0 atom stereocenters. The summed E-state index contributed by atoms with van der Waals surface area (Å²) in [5, 5.41) is 7.92. The van der Waals surface area contributed by atoms with Crippen LogP contribution < -0.4 is 5.73 Å². The third-order valence-electron chi connectivity index (χ3n) is 2.51. The number of carbonyl (C=O) groups excluding carboxylic acids is 1. The molecule has 0 radical (unpaired) electrons. The minimum Gasteiger partial charge on any atom is -0.335 e. The Hall–Kier alpha value is -1.43. The van der Waals surface area contributed by atoms with Gasteiger partial charge in [-0.25, -0.2) is 0 Å². The number of fused-ring (bicyclic) bond motifs is 1. The molecular weight excluding hydrogens is 182 g/mol. The van der Waals surface area contributed by atoms with Gasteiger partial charge in [0.2, 0.25) is 5.91 Å². The van der Waals surface area contributed by atoms with Gasteiger partial charge < -0.3 is 10.6 Å². The second-order valence-corrected chi connectivity index (χ2v) is 3.38. The molecule has 0 unspecified atom stereocenters. The molecule has 0 saturated heterocycles. The molecule has 14 heavy (non-hydrogen) atoms. The first-order valence-electron chi connectivity index (χ1n) is 4.57. The fourth-order valence-corrected chi connectivity index (χ4v) is 1.69. The van der Waals surface area contributed by atoms with Crippen LogP contribution in [0.15, 0.2) is 0 Å². The van der Waals surface area contributed by atoms with Crippen LogP contribution in [-0.2, 0) is 24.8 Å². The Balaban J connectivity index is 2.18. The van der Waals surface area contributed by atoms with E-state index in [1.165, 1.54) is 0 Å². The lowest BCUT2D eigenvalue weighted by atomic mass is 10.1. The monoisotopic (exact) mass is 195 g/mol. The third kappa shape index (κ3) is 1.37. The summed E-state index contributed by atoms with van der Waals surface area (Å²) >= 11 is 0. The molecule has 1 aliphatic heterocycles. The maximum Gasteiger partial charge on any atom is 0.236 e. The van der Waals surface area contributed by atoms with Crippen LogP contribution in [0.2, 0.25) is 0 Å². The van der Waals surface area contributed by atoms with Gasteiger partial charge in [-0.3, -0.25) is 9.48 Å². The second-order valence-electron chi connectivity index (χ2n) is 3.38. The highest BCUT2D eigenvalue weighted by Gasteiger charge is 2.23. The lowest BCUT2D eigenvalue weighted by Gasteiger charge is -2.25. The molecule has 0 aliphatic carbocycles. The lowest BCUT2D eigenvalue weighted by molar-refractivity contribution is -0.130. The van der Waals surface area contributed by atoms with Crippen LogP contribution in [0.1, 0.15) is 11.4 Å². The molecular formula is C8H13N5O. The smallest absolute Gasteiger partial charge is 0.236 e. The van der Waals surface area contributed by atoms with Crippen molar-refractivity contribution in [3.8, 4) is 0 Å². The van der Waals surface area contributed by atoms with Gasteiger partial charge in [-0.15, -0.1) is 5.10 Å². The Bertz CT molecular complexity index is 359. The van der Waals surface area contributed by atoms with Gasteiger partial charge in [0.05, 0.1) is 18.8 Å². The zero-order valence-electron chi connectivity index (χ0n) is 8.10. The summed E-state index contributed by atoms with van der Waals surface area (Å²) in [6.07, 6.45) is 0.810. The molecule has 2 rings (SSSR count). The molecule has 0 spiro atoms. The van der Waals surface area contributed by atoms with Gasteiger partial charge in [-0.1, -0.05) is 5.21 Å². The maximum absolute atomic E-state index is 11.3. The van der Waals surface area contributed by atoms with Gasteiger partial charge >= 0.3 is 0 Å². The number of carbonyl (C=O) groups is 1. The van der Waals surface area contributed by atoms with E-state index in [-0.39, 0.29) is 12.5 Å². The summed E-state index contributed by atoms with van der Waals surface area (Å²) in [4.78, 5) is 13.0. The molecule has 0 bridgehead atoms. The van der Waals surface area contributed by atoms with E-state index in [4.69, 9.17) is 5.73 Å². The van der Waals surface area contributed by atoms with E-state index in [0.717, 1.165) is 17.8 Å². The molecule has 6 nitrogen and oxygen atoms in total. The largest absolute Gasteiger partial charge is 0.335 e. The first-order chi connectivity index (χ1) is 6.72. The maximum atomic E-state index is 11.3. The summed E-state index contributed by atoms with van der Waals surface area (Å²) < 4.78 is 1.76. The van der Waals surface area contributed by atoms with Crippen molar-refractivity contribution in [2.75, 3.05) is 13.1 Å². The van der Waals surface area contributed by atoms with Crippen molar-refractivity contribution in [3.05, 3.63) is 11.4 Å². The first kappa shape index (κ1) is 9.14. The summed E-state index contributed by atoms with van der Waals surface area (Å²) in [6.45, 7) is 1.32. The highest BCUT2D eigenvalue weighted by Crippen LogP contribution is 2.15. The van der Waals surface area contributed by atoms with Crippen LogP contribution in [-0.4, -0.2) is 38.9 Å². The van der Waals surface area contributed by atoms with Crippen molar-refractivity contribution < 1.29 is 4.79 Å². The molecule has 0 aromatic carbocycles. The van der Waals surface area contributed by atoms with E-state index < -0.39 is 0 Å². The molecule has 2 heterocycles. The van der Waals surface area contributed by atoms with Crippen molar-refractivity contribution in [3.63, 3.8) is 0 Å². The zero-order valence-corrected chi connectivity index (χ0v) is 8.10. The average Bonchev–Trinajstić information content (AvgIpc) is 2.59. The molecule has 1 aromatic heterocycles. The fraction of sp³-hybridized carbons (Fsp3) is 0.625. The van der Waals surface area contributed by atoms with Gasteiger partial charge in [0.1, 0.15) is 5.69 Å². The number of hydrogen-bond donors (Lipinski definition) is 1. The lowest BCUT2D eigenvalue weighted by Crippen LogP contribution is -2.39. The Kier molecular flexibility index (Phi) is 2.20. The molecule has 76 valence electrons. The standard InChI is InChI=1S/C8H13N5O/c1-12-7-2-3-13(8(14)4-9)5-6(7)10-11-12/h2-5,9H2,1H3. The van der Waals surface area contributed by atoms with Crippen LogP contribution in [0, 0.1) is 0 Å². The first-order valence-corrected chi connectivity index (χ1v) is 4.57. The Morgan fingerprint density at radius 2 is 2.43 bits per heavy atom. The van der Waals surface area contributed by atoms with Gasteiger partial charge in [-0.2, -0.15) is 0 Å². The molecule has 1 amide bonds. The van der Waals surface area contributed by atoms with Gasteiger partial charge in [-0.05, 0) is 0 Å². The van der Waals surface area contributed by atoms with Crippen LogP contribution in [0.25, 0.3) is 0 Å². The van der Waals surface area contributed by atoms with E-state index in [1.54, 1.807) is 9.58 Å². The highest BCUT2D eigenvalue weighted by atomic mass is 16.2. The molecule has 0 saturated carbocycles. The van der Waals surface area contributed by atoms with Crippen molar-refractivity contribution in [1.82, 2.24) is 19.9 Å². The SMILES string of the molecule is Cn1nnc2c1CCN(C(=O)CN)C2. The number of rotatable bonds is 1. The molecule has 6 heteroatoms. The predicted molar refractivity (Wildman–Crippen MR) is 49.2 cm³/mol. The normalized spacial score (nSPS) is 15.4. The predicted octanol–water partition coefficient (Wildman–Crippen LogP) is -1.34. The van der Waals surface area contributed by atoms with Crippen molar-refractivity contribution >= 4 is 5.91 Å². The fourth-order valence-electron chi connectivity index (χ4n) is 1.69. The third-order valence-corrected chi connectivity index (χ3v) is 2.51. The van der Waals surface area contributed by atoms with Crippen LogP contribution in [0.3, 0.4) is 0 Å². The molecule has 1 aliphatic rings. The van der Waals surface area contributed by atoms with Crippen LogP contribution in [0.4, 0.5) is 0 Å². The van der Waals surface area contributed by atoms with E-state index >= 15 is 0 Å². The summed E-state index contributed by atoms with van der Waals surface area (Å²) in [6, 6.07) is 0. The van der Waals surface area contributed by atoms with E-state index in [1.807, 2.05) is 7.05 Å². The number of nitrogens with two attached hydrogens (primary N) is 1. The summed E-state index contributed by atoms with van der Waals surface area (Å²) in [5.74, 6) is -0.0266. The Morgan fingerprint density at radius 3 is 3.14 bits per heavy atom. The Labute approximate surface area is 81.7 Å². The van der Waals surface area contributed by atoms with E-state index in [2.05, 4.69) is 10.3 Å².